The van der Waals surface area contributed by atoms with Gasteiger partial charge in [-0.05, 0) is 18.4 Å². The van der Waals surface area contributed by atoms with E-state index in [-0.39, 0.29) is 11.8 Å². The standard InChI is InChI=1S/C13H18ClNO2/c1-3-11(2)13(16)15(14)17-10-9-12-7-5-4-6-8-12/h4-8,11H,3,9-10H2,1-2H3. The van der Waals surface area contributed by atoms with E-state index in [0.29, 0.717) is 6.61 Å². The maximum atomic E-state index is 11.6. The Morgan fingerprint density at radius 3 is 2.65 bits per heavy atom. The second-order valence-electron chi connectivity index (χ2n) is 3.96. The third kappa shape index (κ3) is 4.75. The van der Waals surface area contributed by atoms with Gasteiger partial charge < -0.3 is 0 Å². The van der Waals surface area contributed by atoms with Crippen molar-refractivity contribution in [1.29, 1.82) is 0 Å². The molecule has 1 unspecified atom stereocenters. The number of rotatable bonds is 6. The van der Waals surface area contributed by atoms with Gasteiger partial charge in [0.1, 0.15) is 0 Å². The van der Waals surface area contributed by atoms with Crippen LogP contribution in [0.25, 0.3) is 0 Å². The van der Waals surface area contributed by atoms with Crippen LogP contribution in [0.2, 0.25) is 0 Å². The number of nitrogens with zero attached hydrogens (tertiary/aromatic N) is 1. The highest BCUT2D eigenvalue weighted by Gasteiger charge is 2.18. The molecule has 3 nitrogen and oxygen atoms in total. The molecular weight excluding hydrogens is 238 g/mol. The molecule has 4 heteroatoms. The second kappa shape index (κ2) is 7.30. The number of benzene rings is 1. The molecule has 1 aromatic rings. The monoisotopic (exact) mass is 255 g/mol. The van der Waals surface area contributed by atoms with Gasteiger partial charge in [-0.25, -0.2) is 0 Å². The van der Waals surface area contributed by atoms with Crippen LogP contribution in [0, 0.1) is 5.92 Å². The van der Waals surface area contributed by atoms with Crippen LogP contribution in [-0.2, 0) is 16.1 Å². The van der Waals surface area contributed by atoms with E-state index in [9.17, 15) is 4.79 Å². The lowest BCUT2D eigenvalue weighted by molar-refractivity contribution is -0.162. The van der Waals surface area contributed by atoms with Crippen molar-refractivity contribution in [3.63, 3.8) is 0 Å². The van der Waals surface area contributed by atoms with E-state index in [0.717, 1.165) is 23.0 Å². The zero-order valence-electron chi connectivity index (χ0n) is 10.2. The van der Waals surface area contributed by atoms with Crippen LogP contribution in [0.3, 0.4) is 0 Å². The fraction of sp³-hybridized carbons (Fsp3) is 0.462. The van der Waals surface area contributed by atoms with E-state index >= 15 is 0 Å². The van der Waals surface area contributed by atoms with Crippen molar-refractivity contribution in [3.8, 4) is 0 Å². The predicted molar refractivity (Wildman–Crippen MR) is 68.3 cm³/mol. The minimum atomic E-state index is -0.192. The Labute approximate surface area is 107 Å². The molecule has 0 saturated carbocycles. The number of amides is 1. The zero-order chi connectivity index (χ0) is 12.7. The highest BCUT2D eigenvalue weighted by atomic mass is 35.5. The Hall–Kier alpha value is -1.06. The fourth-order valence-corrected chi connectivity index (χ4v) is 1.54. The molecule has 1 atom stereocenters. The third-order valence-corrected chi connectivity index (χ3v) is 2.91. The molecule has 1 aromatic carbocycles. The van der Waals surface area contributed by atoms with Gasteiger partial charge in [0.2, 0.25) is 0 Å². The van der Waals surface area contributed by atoms with E-state index in [4.69, 9.17) is 16.6 Å². The zero-order valence-corrected chi connectivity index (χ0v) is 11.0. The molecule has 0 bridgehead atoms. The normalized spacial score (nSPS) is 12.2. The van der Waals surface area contributed by atoms with Crippen LogP contribution in [-0.4, -0.2) is 17.1 Å². The summed E-state index contributed by atoms with van der Waals surface area (Å²) in [4.78, 5) is 16.8. The number of hydrogen-bond acceptors (Lipinski definition) is 2. The Morgan fingerprint density at radius 1 is 1.41 bits per heavy atom. The molecular formula is C13H18ClNO2. The number of halogens is 1. The lowest BCUT2D eigenvalue weighted by Crippen LogP contribution is -2.28. The molecule has 0 aliphatic carbocycles. The maximum Gasteiger partial charge on any atom is 0.264 e. The van der Waals surface area contributed by atoms with Gasteiger partial charge in [0.15, 0.2) is 0 Å². The summed E-state index contributed by atoms with van der Waals surface area (Å²) in [6.07, 6.45) is 1.49. The Kier molecular flexibility index (Phi) is 6.01. The lowest BCUT2D eigenvalue weighted by Gasteiger charge is -2.16. The van der Waals surface area contributed by atoms with Gasteiger partial charge in [-0.1, -0.05) is 44.2 Å². The maximum absolute atomic E-state index is 11.6. The van der Waals surface area contributed by atoms with E-state index in [1.165, 1.54) is 0 Å². The van der Waals surface area contributed by atoms with Crippen molar-refractivity contribution in [2.75, 3.05) is 6.61 Å². The fourth-order valence-electron chi connectivity index (χ4n) is 1.30. The van der Waals surface area contributed by atoms with Gasteiger partial charge >= 0.3 is 0 Å². The summed E-state index contributed by atoms with van der Waals surface area (Å²) >= 11 is 5.73. The number of carbonyl (C=O) groups is 1. The van der Waals surface area contributed by atoms with Crippen molar-refractivity contribution >= 4 is 17.7 Å². The summed E-state index contributed by atoms with van der Waals surface area (Å²) in [5, 5.41) is 0. The first-order valence-corrected chi connectivity index (χ1v) is 6.15. The van der Waals surface area contributed by atoms with Crippen molar-refractivity contribution in [1.82, 2.24) is 4.58 Å². The van der Waals surface area contributed by atoms with Crippen molar-refractivity contribution < 1.29 is 9.63 Å². The molecule has 0 heterocycles. The minimum Gasteiger partial charge on any atom is -0.271 e. The van der Waals surface area contributed by atoms with Crippen LogP contribution in [0.1, 0.15) is 25.8 Å². The number of carbonyl (C=O) groups excluding carboxylic acids is 1. The highest BCUT2D eigenvalue weighted by molar-refractivity contribution is 6.20. The van der Waals surface area contributed by atoms with E-state index in [1.54, 1.807) is 0 Å². The van der Waals surface area contributed by atoms with Crippen molar-refractivity contribution in [2.24, 2.45) is 5.92 Å². The minimum absolute atomic E-state index is 0.107. The lowest BCUT2D eigenvalue weighted by atomic mass is 10.1. The quantitative estimate of drug-likeness (QED) is 0.577. The number of hydrogen-bond donors (Lipinski definition) is 0. The third-order valence-electron chi connectivity index (χ3n) is 2.65. The molecule has 0 fully saturated rings. The van der Waals surface area contributed by atoms with Crippen LogP contribution in [0.4, 0.5) is 0 Å². The smallest absolute Gasteiger partial charge is 0.264 e. The molecule has 0 saturated heterocycles. The summed E-state index contributed by atoms with van der Waals surface area (Å²) in [5.74, 6) is -0.300. The summed E-state index contributed by atoms with van der Waals surface area (Å²) in [6.45, 7) is 4.17. The first kappa shape index (κ1) is 14.0. The molecule has 1 amide bonds. The molecule has 0 aliphatic heterocycles. The topological polar surface area (TPSA) is 29.5 Å². The number of hydroxylamine groups is 1. The van der Waals surface area contributed by atoms with Gasteiger partial charge in [-0.15, -0.1) is 4.58 Å². The first-order chi connectivity index (χ1) is 8.15. The highest BCUT2D eigenvalue weighted by Crippen LogP contribution is 2.10. The Balaban J connectivity index is 2.29. The van der Waals surface area contributed by atoms with Gasteiger partial charge in [0, 0.05) is 17.7 Å². The molecule has 0 N–H and O–H groups in total. The Morgan fingerprint density at radius 2 is 2.06 bits per heavy atom. The SMILES string of the molecule is CCC(C)C(=O)N(Cl)OCCc1ccccc1. The molecule has 1 rings (SSSR count). The van der Waals surface area contributed by atoms with Crippen LogP contribution >= 0.6 is 11.8 Å². The summed E-state index contributed by atoms with van der Waals surface area (Å²) in [6, 6.07) is 9.93. The van der Waals surface area contributed by atoms with Crippen molar-refractivity contribution in [2.45, 2.75) is 26.7 Å². The predicted octanol–water partition coefficient (Wildman–Crippen LogP) is 3.19. The van der Waals surface area contributed by atoms with Gasteiger partial charge in [-0.2, -0.15) is 0 Å². The second-order valence-corrected chi connectivity index (χ2v) is 4.27. The first-order valence-electron chi connectivity index (χ1n) is 5.81. The summed E-state index contributed by atoms with van der Waals surface area (Å²) in [7, 11) is 0. The molecule has 0 aliphatic rings. The van der Waals surface area contributed by atoms with Crippen LogP contribution in [0.15, 0.2) is 30.3 Å². The molecule has 0 radical (unpaired) electrons. The van der Waals surface area contributed by atoms with Crippen LogP contribution < -0.4 is 0 Å². The Bertz CT molecular complexity index is 343. The average Bonchev–Trinajstić information content (AvgIpc) is 2.38. The van der Waals surface area contributed by atoms with E-state index in [1.807, 2.05) is 44.2 Å². The molecule has 94 valence electrons. The summed E-state index contributed by atoms with van der Waals surface area (Å²) < 4.78 is 0.830. The van der Waals surface area contributed by atoms with E-state index < -0.39 is 0 Å². The van der Waals surface area contributed by atoms with Gasteiger partial charge in [0.25, 0.3) is 5.91 Å². The largest absolute Gasteiger partial charge is 0.271 e. The molecule has 17 heavy (non-hydrogen) atoms. The molecule has 0 aromatic heterocycles. The van der Waals surface area contributed by atoms with Gasteiger partial charge in [-0.3, -0.25) is 9.63 Å². The van der Waals surface area contributed by atoms with Gasteiger partial charge in [0.05, 0.1) is 6.61 Å². The molecule has 0 spiro atoms. The van der Waals surface area contributed by atoms with Crippen LogP contribution in [0.5, 0.6) is 0 Å². The summed E-state index contributed by atoms with van der Waals surface area (Å²) in [5.41, 5.74) is 1.16. The van der Waals surface area contributed by atoms with Crippen molar-refractivity contribution in [3.05, 3.63) is 35.9 Å². The average molecular weight is 256 g/mol. The van der Waals surface area contributed by atoms with E-state index in [2.05, 4.69) is 0 Å².